The lowest BCUT2D eigenvalue weighted by Crippen LogP contribution is -2.15. The average molecular weight is 362 g/mol. The summed E-state index contributed by atoms with van der Waals surface area (Å²) in [5, 5.41) is 5.06. The first kappa shape index (κ1) is 16.6. The first-order valence-corrected chi connectivity index (χ1v) is 10.1. The zero-order chi connectivity index (χ0) is 16.2. The van der Waals surface area contributed by atoms with E-state index in [0.717, 1.165) is 34.4 Å². The maximum atomic E-state index is 4.83. The lowest BCUT2D eigenvalue weighted by atomic mass is 10.1. The van der Waals surface area contributed by atoms with E-state index in [9.17, 15) is 0 Å². The van der Waals surface area contributed by atoms with Gasteiger partial charge in [0.25, 0.3) is 0 Å². The van der Waals surface area contributed by atoms with Gasteiger partial charge < -0.3 is 4.90 Å². The van der Waals surface area contributed by atoms with Crippen molar-refractivity contribution in [3.8, 4) is 21.1 Å². The van der Waals surface area contributed by atoms with Crippen molar-refractivity contribution in [3.05, 3.63) is 40.6 Å². The first-order valence-electron chi connectivity index (χ1n) is 7.39. The van der Waals surface area contributed by atoms with Crippen LogP contribution in [-0.4, -0.2) is 41.3 Å². The Kier molecular flexibility index (Phi) is 5.48. The number of thioether (sulfide) groups is 1. The fraction of sp³-hybridized carbons (Fsp3) is 0.294. The van der Waals surface area contributed by atoms with Gasteiger partial charge in [0.1, 0.15) is 0 Å². The van der Waals surface area contributed by atoms with Crippen molar-refractivity contribution in [2.45, 2.75) is 12.1 Å². The van der Waals surface area contributed by atoms with E-state index in [4.69, 9.17) is 9.97 Å². The predicted octanol–water partition coefficient (Wildman–Crippen LogP) is 4.90. The molecule has 6 heteroatoms. The molecular formula is C17H19N3S3. The van der Waals surface area contributed by atoms with E-state index in [1.54, 1.807) is 34.4 Å². The van der Waals surface area contributed by atoms with E-state index in [2.05, 4.69) is 60.9 Å². The largest absolute Gasteiger partial charge is 0.309 e. The topological polar surface area (TPSA) is 29.0 Å². The number of aromatic nitrogens is 2. The molecule has 0 N–H and O–H groups in total. The number of hydrogen-bond donors (Lipinski definition) is 0. The molecule has 0 saturated heterocycles. The molecule has 0 spiro atoms. The summed E-state index contributed by atoms with van der Waals surface area (Å²) in [7, 11) is 4.18. The molecule has 0 aliphatic heterocycles. The van der Waals surface area contributed by atoms with Gasteiger partial charge >= 0.3 is 0 Å². The second-order valence-corrected chi connectivity index (χ2v) is 8.39. The van der Waals surface area contributed by atoms with Gasteiger partial charge in [-0.05, 0) is 43.9 Å². The van der Waals surface area contributed by atoms with Crippen LogP contribution in [0.2, 0.25) is 0 Å². The van der Waals surface area contributed by atoms with Gasteiger partial charge in [-0.15, -0.1) is 22.7 Å². The monoisotopic (exact) mass is 361 g/mol. The van der Waals surface area contributed by atoms with Crippen LogP contribution in [0.4, 0.5) is 0 Å². The van der Waals surface area contributed by atoms with E-state index in [1.807, 2.05) is 0 Å². The molecule has 3 rings (SSSR count). The maximum Gasteiger partial charge on any atom is 0.188 e. The molecule has 3 aromatic heterocycles. The Morgan fingerprint density at radius 3 is 2.00 bits per heavy atom. The summed E-state index contributed by atoms with van der Waals surface area (Å²) in [6.07, 6.45) is 0. The molecule has 0 aromatic carbocycles. The minimum Gasteiger partial charge on any atom is -0.309 e. The van der Waals surface area contributed by atoms with Crippen LogP contribution in [0.15, 0.2) is 40.2 Å². The molecule has 0 aliphatic rings. The summed E-state index contributed by atoms with van der Waals surface area (Å²) in [6.45, 7) is 3.14. The summed E-state index contributed by atoms with van der Waals surface area (Å²) >= 11 is 5.18. The van der Waals surface area contributed by atoms with Crippen molar-refractivity contribution in [1.82, 2.24) is 14.9 Å². The van der Waals surface area contributed by atoms with Crippen molar-refractivity contribution in [3.63, 3.8) is 0 Å². The number of hydrogen-bond acceptors (Lipinski definition) is 6. The highest BCUT2D eigenvalue weighted by atomic mass is 32.2. The van der Waals surface area contributed by atoms with Crippen LogP contribution in [0.3, 0.4) is 0 Å². The smallest absolute Gasteiger partial charge is 0.188 e. The third kappa shape index (κ3) is 4.01. The predicted molar refractivity (Wildman–Crippen MR) is 103 cm³/mol. The third-order valence-corrected chi connectivity index (χ3v) is 5.98. The Labute approximate surface area is 149 Å². The van der Waals surface area contributed by atoms with Crippen molar-refractivity contribution >= 4 is 34.4 Å². The Balaban J connectivity index is 2.00. The molecule has 23 heavy (non-hydrogen) atoms. The molecule has 0 aliphatic carbocycles. The van der Waals surface area contributed by atoms with Crippen molar-refractivity contribution in [2.75, 3.05) is 26.4 Å². The van der Waals surface area contributed by atoms with Crippen molar-refractivity contribution < 1.29 is 0 Å². The minimum atomic E-state index is 0.865. The van der Waals surface area contributed by atoms with Crippen LogP contribution in [0, 0.1) is 6.92 Å². The SMILES string of the molecule is Cc1c(-c2cccs2)nc(SCCN(C)C)nc1-c1cccs1. The van der Waals surface area contributed by atoms with Crippen LogP contribution < -0.4 is 0 Å². The Morgan fingerprint density at radius 2 is 1.57 bits per heavy atom. The molecule has 0 unspecified atom stereocenters. The fourth-order valence-electron chi connectivity index (χ4n) is 2.19. The molecule has 3 aromatic rings. The standard InChI is InChI=1S/C17H19N3S3/c1-12-15(13-6-4-9-21-13)18-17(23-11-8-20(2)3)19-16(12)14-7-5-10-22-14/h4-7,9-10H,8,11H2,1-3H3. The van der Waals surface area contributed by atoms with Gasteiger partial charge in [-0.1, -0.05) is 23.9 Å². The quantitative estimate of drug-likeness (QED) is 0.461. The number of rotatable bonds is 6. The molecule has 0 saturated carbocycles. The summed E-state index contributed by atoms with van der Waals surface area (Å²) in [5.41, 5.74) is 3.28. The maximum absolute atomic E-state index is 4.83. The van der Waals surface area contributed by atoms with Crippen LogP contribution in [0.1, 0.15) is 5.56 Å². The Hall–Kier alpha value is -1.21. The van der Waals surface area contributed by atoms with Crippen molar-refractivity contribution in [1.29, 1.82) is 0 Å². The van der Waals surface area contributed by atoms with Gasteiger partial charge in [-0.25, -0.2) is 9.97 Å². The molecule has 0 radical (unpaired) electrons. The lowest BCUT2D eigenvalue weighted by molar-refractivity contribution is 0.437. The molecule has 3 nitrogen and oxygen atoms in total. The summed E-state index contributed by atoms with van der Waals surface area (Å²) in [5.74, 6) is 0.990. The van der Waals surface area contributed by atoms with Crippen LogP contribution in [0.25, 0.3) is 21.1 Å². The lowest BCUT2D eigenvalue weighted by Gasteiger charge is -2.12. The van der Waals surface area contributed by atoms with Gasteiger partial charge in [0.05, 0.1) is 21.1 Å². The van der Waals surface area contributed by atoms with Gasteiger partial charge in [0.15, 0.2) is 5.16 Å². The summed E-state index contributed by atoms with van der Waals surface area (Å²) in [4.78, 5) is 14.3. The summed E-state index contributed by atoms with van der Waals surface area (Å²) < 4.78 is 0. The normalized spacial score (nSPS) is 11.3. The Morgan fingerprint density at radius 1 is 1.00 bits per heavy atom. The molecular weight excluding hydrogens is 342 g/mol. The zero-order valence-corrected chi connectivity index (χ0v) is 15.9. The van der Waals surface area contributed by atoms with Crippen LogP contribution >= 0.6 is 34.4 Å². The van der Waals surface area contributed by atoms with E-state index < -0.39 is 0 Å². The van der Waals surface area contributed by atoms with Gasteiger partial charge in [0, 0.05) is 17.9 Å². The molecule has 0 fully saturated rings. The van der Waals surface area contributed by atoms with Gasteiger partial charge in [-0.3, -0.25) is 0 Å². The highest BCUT2D eigenvalue weighted by Crippen LogP contribution is 2.35. The van der Waals surface area contributed by atoms with Gasteiger partial charge in [0.2, 0.25) is 0 Å². The van der Waals surface area contributed by atoms with E-state index in [1.165, 1.54) is 9.75 Å². The first-order chi connectivity index (χ1) is 11.1. The highest BCUT2D eigenvalue weighted by Gasteiger charge is 2.15. The number of nitrogens with zero attached hydrogens (tertiary/aromatic N) is 3. The third-order valence-electron chi connectivity index (χ3n) is 3.40. The van der Waals surface area contributed by atoms with Crippen LogP contribution in [0.5, 0.6) is 0 Å². The zero-order valence-electron chi connectivity index (χ0n) is 13.4. The second-order valence-electron chi connectivity index (χ2n) is 5.43. The van der Waals surface area contributed by atoms with E-state index >= 15 is 0 Å². The van der Waals surface area contributed by atoms with Crippen LogP contribution in [-0.2, 0) is 0 Å². The molecule has 120 valence electrons. The Bertz CT molecular complexity index is 694. The number of thiophene rings is 2. The molecule has 3 heterocycles. The van der Waals surface area contributed by atoms with Crippen molar-refractivity contribution in [2.24, 2.45) is 0 Å². The van der Waals surface area contributed by atoms with Gasteiger partial charge in [-0.2, -0.15) is 0 Å². The highest BCUT2D eigenvalue weighted by molar-refractivity contribution is 7.99. The van der Waals surface area contributed by atoms with E-state index in [-0.39, 0.29) is 0 Å². The second kappa shape index (κ2) is 7.57. The minimum absolute atomic E-state index is 0.865. The molecule has 0 bridgehead atoms. The molecule has 0 amide bonds. The molecule has 0 atom stereocenters. The van der Waals surface area contributed by atoms with E-state index in [0.29, 0.717) is 0 Å². The fourth-order valence-corrected chi connectivity index (χ4v) is 4.68. The summed E-state index contributed by atoms with van der Waals surface area (Å²) in [6, 6.07) is 8.41. The average Bonchev–Trinajstić information content (AvgIpc) is 3.21.